The largest absolute Gasteiger partial charge is 0.497 e. The molecule has 21 heavy (non-hydrogen) atoms. The van der Waals surface area contributed by atoms with Gasteiger partial charge in [0.2, 0.25) is 5.91 Å². The van der Waals surface area contributed by atoms with Crippen molar-refractivity contribution in [2.45, 2.75) is 0 Å². The van der Waals surface area contributed by atoms with Gasteiger partial charge >= 0.3 is 5.97 Å². The van der Waals surface area contributed by atoms with Crippen LogP contribution in [0, 0.1) is 0 Å². The van der Waals surface area contributed by atoms with E-state index >= 15 is 0 Å². The van der Waals surface area contributed by atoms with Crippen molar-refractivity contribution in [3.63, 3.8) is 0 Å². The van der Waals surface area contributed by atoms with Crippen LogP contribution in [0.4, 0.5) is 0 Å². The van der Waals surface area contributed by atoms with E-state index in [9.17, 15) is 9.59 Å². The molecule has 0 bridgehead atoms. The highest BCUT2D eigenvalue weighted by Crippen LogP contribution is 2.16. The van der Waals surface area contributed by atoms with Gasteiger partial charge in [-0.3, -0.25) is 4.79 Å². The van der Waals surface area contributed by atoms with Crippen molar-refractivity contribution in [3.05, 3.63) is 24.3 Å². The predicted octanol–water partition coefficient (Wildman–Crippen LogP) is 0.634. The summed E-state index contributed by atoms with van der Waals surface area (Å²) < 4.78 is 15.2. The van der Waals surface area contributed by atoms with Crippen molar-refractivity contribution in [1.82, 2.24) is 4.90 Å². The number of carboxylic acid groups (broad SMARTS) is 1. The molecule has 0 heterocycles. The molecule has 116 valence electrons. The molecule has 1 aromatic rings. The zero-order valence-corrected chi connectivity index (χ0v) is 12.1. The molecular formula is C14H19NO6. The molecular weight excluding hydrogens is 278 g/mol. The van der Waals surface area contributed by atoms with E-state index in [1.54, 1.807) is 38.4 Å². The smallest absolute Gasteiger partial charge is 0.329 e. The minimum atomic E-state index is -1.10. The third kappa shape index (κ3) is 6.62. The van der Waals surface area contributed by atoms with Crippen LogP contribution in [-0.2, 0) is 14.3 Å². The lowest BCUT2D eigenvalue weighted by atomic mass is 10.3. The zero-order chi connectivity index (χ0) is 15.7. The van der Waals surface area contributed by atoms with Crippen LogP contribution in [0.1, 0.15) is 0 Å². The fourth-order valence-corrected chi connectivity index (χ4v) is 1.43. The Bertz CT molecular complexity index is 459. The second-order valence-electron chi connectivity index (χ2n) is 4.23. The number of rotatable bonds is 9. The number of hydrogen-bond acceptors (Lipinski definition) is 5. The van der Waals surface area contributed by atoms with Crippen LogP contribution in [-0.4, -0.2) is 62.4 Å². The summed E-state index contributed by atoms with van der Waals surface area (Å²) in [5.41, 5.74) is 0. The summed E-state index contributed by atoms with van der Waals surface area (Å²) in [7, 11) is 3.19. The SMILES string of the molecule is COc1ccc(OCCN(C)C(=O)COCC(=O)O)cc1. The van der Waals surface area contributed by atoms with Gasteiger partial charge in [-0.05, 0) is 24.3 Å². The first kappa shape index (κ1) is 16.8. The minimum absolute atomic E-state index is 0.259. The van der Waals surface area contributed by atoms with E-state index in [4.69, 9.17) is 19.3 Å². The molecule has 0 aliphatic heterocycles. The third-order valence-electron chi connectivity index (χ3n) is 2.63. The first-order valence-corrected chi connectivity index (χ1v) is 6.33. The number of hydrogen-bond donors (Lipinski definition) is 1. The van der Waals surface area contributed by atoms with E-state index in [0.717, 1.165) is 5.75 Å². The van der Waals surface area contributed by atoms with Gasteiger partial charge in [-0.2, -0.15) is 0 Å². The van der Waals surface area contributed by atoms with E-state index in [1.165, 1.54) is 4.90 Å². The molecule has 1 rings (SSSR count). The first-order valence-electron chi connectivity index (χ1n) is 6.33. The normalized spacial score (nSPS) is 10.0. The number of carboxylic acids is 1. The molecule has 0 saturated heterocycles. The summed E-state index contributed by atoms with van der Waals surface area (Å²) in [4.78, 5) is 23.3. The van der Waals surface area contributed by atoms with Crippen molar-refractivity contribution in [1.29, 1.82) is 0 Å². The Labute approximate surface area is 123 Å². The Morgan fingerprint density at radius 2 is 1.76 bits per heavy atom. The van der Waals surface area contributed by atoms with Crippen LogP contribution >= 0.6 is 0 Å². The maximum absolute atomic E-state index is 11.6. The summed E-state index contributed by atoms with van der Waals surface area (Å²) in [5.74, 6) is 0.0203. The van der Waals surface area contributed by atoms with Crippen LogP contribution in [0.25, 0.3) is 0 Å². The second kappa shape index (κ2) is 8.80. The molecule has 7 heteroatoms. The molecule has 7 nitrogen and oxygen atoms in total. The Kier molecular flexibility index (Phi) is 7.03. The molecule has 0 saturated carbocycles. The molecule has 0 aromatic heterocycles. The number of nitrogens with zero attached hydrogens (tertiary/aromatic N) is 1. The zero-order valence-electron chi connectivity index (χ0n) is 12.1. The van der Waals surface area contributed by atoms with Gasteiger partial charge in [0.1, 0.15) is 31.3 Å². The summed E-state index contributed by atoms with van der Waals surface area (Å²) in [6, 6.07) is 7.11. The molecule has 0 aliphatic rings. The minimum Gasteiger partial charge on any atom is -0.497 e. The lowest BCUT2D eigenvalue weighted by molar-refractivity contribution is -0.145. The second-order valence-corrected chi connectivity index (χ2v) is 4.23. The topological polar surface area (TPSA) is 85.3 Å². The summed E-state index contributed by atoms with van der Waals surface area (Å²) in [5, 5.41) is 8.39. The molecule has 1 amide bonds. The highest BCUT2D eigenvalue weighted by Gasteiger charge is 2.09. The van der Waals surface area contributed by atoms with Gasteiger partial charge in [-0.15, -0.1) is 0 Å². The Hall–Kier alpha value is -2.28. The Balaban J connectivity index is 2.23. The number of aliphatic carboxylic acids is 1. The van der Waals surface area contributed by atoms with E-state index in [2.05, 4.69) is 0 Å². The first-order chi connectivity index (χ1) is 10.0. The molecule has 0 unspecified atom stereocenters. The molecule has 0 spiro atoms. The number of benzene rings is 1. The van der Waals surface area contributed by atoms with Gasteiger partial charge < -0.3 is 24.2 Å². The average Bonchev–Trinajstić information content (AvgIpc) is 2.47. The number of likely N-dealkylation sites (N-methyl/N-ethyl adjacent to an activating group) is 1. The summed E-state index contributed by atoms with van der Waals surface area (Å²) in [6.45, 7) is -0.0396. The van der Waals surface area contributed by atoms with Crippen molar-refractivity contribution >= 4 is 11.9 Å². The van der Waals surface area contributed by atoms with Gasteiger partial charge in [0.25, 0.3) is 0 Å². The number of ether oxygens (including phenoxy) is 3. The fraction of sp³-hybridized carbons (Fsp3) is 0.429. The molecule has 1 aromatic carbocycles. The Morgan fingerprint density at radius 3 is 2.33 bits per heavy atom. The summed E-state index contributed by atoms with van der Waals surface area (Å²) in [6.07, 6.45) is 0. The van der Waals surface area contributed by atoms with Crippen molar-refractivity contribution in [2.24, 2.45) is 0 Å². The number of methoxy groups -OCH3 is 1. The maximum Gasteiger partial charge on any atom is 0.329 e. The number of amides is 1. The monoisotopic (exact) mass is 297 g/mol. The van der Waals surface area contributed by atoms with Crippen LogP contribution in [0.3, 0.4) is 0 Å². The molecule has 0 radical (unpaired) electrons. The molecule has 0 atom stereocenters. The van der Waals surface area contributed by atoms with Crippen molar-refractivity contribution in [3.8, 4) is 11.5 Å². The highest BCUT2D eigenvalue weighted by molar-refractivity contribution is 5.77. The van der Waals surface area contributed by atoms with Crippen molar-refractivity contribution in [2.75, 3.05) is 40.5 Å². The van der Waals surface area contributed by atoms with E-state index in [-0.39, 0.29) is 12.5 Å². The van der Waals surface area contributed by atoms with Crippen LogP contribution in [0.2, 0.25) is 0 Å². The molecule has 1 N–H and O–H groups in total. The van der Waals surface area contributed by atoms with Crippen LogP contribution < -0.4 is 9.47 Å². The maximum atomic E-state index is 11.6. The number of carbonyl (C=O) groups excluding carboxylic acids is 1. The van der Waals surface area contributed by atoms with Crippen molar-refractivity contribution < 1.29 is 28.9 Å². The standard InChI is InChI=1S/C14H19NO6/c1-15(13(16)9-20-10-14(17)18)7-8-21-12-5-3-11(19-2)4-6-12/h3-6H,7-10H2,1-2H3,(H,17,18). The average molecular weight is 297 g/mol. The number of carbonyl (C=O) groups is 2. The van der Waals surface area contributed by atoms with Crippen LogP contribution in [0.15, 0.2) is 24.3 Å². The Morgan fingerprint density at radius 1 is 1.14 bits per heavy atom. The van der Waals surface area contributed by atoms with E-state index in [1.807, 2.05) is 0 Å². The molecule has 0 aliphatic carbocycles. The quantitative estimate of drug-likeness (QED) is 0.719. The lowest BCUT2D eigenvalue weighted by Gasteiger charge is -2.17. The molecule has 0 fully saturated rings. The fourth-order valence-electron chi connectivity index (χ4n) is 1.43. The highest BCUT2D eigenvalue weighted by atomic mass is 16.5. The van der Waals surface area contributed by atoms with Gasteiger partial charge in [-0.25, -0.2) is 4.79 Å². The predicted molar refractivity (Wildman–Crippen MR) is 74.6 cm³/mol. The van der Waals surface area contributed by atoms with Gasteiger partial charge in [0.15, 0.2) is 0 Å². The van der Waals surface area contributed by atoms with Gasteiger partial charge in [-0.1, -0.05) is 0 Å². The van der Waals surface area contributed by atoms with Gasteiger partial charge in [0, 0.05) is 7.05 Å². The van der Waals surface area contributed by atoms with E-state index in [0.29, 0.717) is 18.9 Å². The summed E-state index contributed by atoms with van der Waals surface area (Å²) >= 11 is 0. The lowest BCUT2D eigenvalue weighted by Crippen LogP contribution is -2.34. The van der Waals surface area contributed by atoms with Crippen LogP contribution in [0.5, 0.6) is 11.5 Å². The van der Waals surface area contributed by atoms with E-state index < -0.39 is 12.6 Å². The third-order valence-corrected chi connectivity index (χ3v) is 2.63. The van der Waals surface area contributed by atoms with Gasteiger partial charge in [0.05, 0.1) is 13.7 Å².